The number of anilines is 1. The smallest absolute Gasteiger partial charge is 0.228 e. The molecule has 32 heavy (non-hydrogen) atoms. The zero-order valence-electron chi connectivity index (χ0n) is 18.0. The molecule has 1 N–H and O–H groups in total. The number of hydrogen-bond donors (Lipinski definition) is 1. The van der Waals surface area contributed by atoms with Crippen LogP contribution in [0.25, 0.3) is 10.9 Å². The van der Waals surface area contributed by atoms with E-state index in [1.165, 1.54) is 5.69 Å². The van der Waals surface area contributed by atoms with E-state index in [1.807, 2.05) is 52.4 Å². The Kier molecular flexibility index (Phi) is 5.79. The van der Waals surface area contributed by atoms with Gasteiger partial charge < -0.3 is 19.7 Å². The van der Waals surface area contributed by atoms with Crippen molar-refractivity contribution in [1.82, 2.24) is 14.8 Å². The lowest BCUT2D eigenvalue weighted by molar-refractivity contribution is -0.136. The monoisotopic (exact) mass is 450 g/mol. The highest BCUT2D eigenvalue weighted by Gasteiger charge is 2.37. The quantitative estimate of drug-likeness (QED) is 0.646. The van der Waals surface area contributed by atoms with Gasteiger partial charge in [0.2, 0.25) is 11.8 Å². The number of amides is 2. The van der Waals surface area contributed by atoms with Crippen LogP contribution in [0.3, 0.4) is 0 Å². The van der Waals surface area contributed by atoms with E-state index < -0.39 is 0 Å². The third-order valence-corrected chi connectivity index (χ3v) is 6.89. The van der Waals surface area contributed by atoms with Gasteiger partial charge in [-0.3, -0.25) is 9.59 Å². The van der Waals surface area contributed by atoms with Crippen molar-refractivity contribution in [2.24, 2.45) is 5.92 Å². The Labute approximate surface area is 192 Å². The molecule has 2 aliphatic rings. The van der Waals surface area contributed by atoms with Crippen LogP contribution >= 0.6 is 11.6 Å². The van der Waals surface area contributed by atoms with E-state index in [0.717, 1.165) is 36.0 Å². The number of benzene rings is 2. The molecule has 1 atom stereocenters. The normalized spacial score (nSPS) is 19.2. The highest BCUT2D eigenvalue weighted by Crippen LogP contribution is 2.25. The molecule has 1 aromatic heterocycles. The van der Waals surface area contributed by atoms with Crippen LogP contribution < -0.4 is 4.90 Å². The summed E-state index contributed by atoms with van der Waals surface area (Å²) in [6.45, 7) is 4.18. The molecule has 6 nitrogen and oxygen atoms in total. The second-order valence-corrected chi connectivity index (χ2v) is 9.08. The van der Waals surface area contributed by atoms with Gasteiger partial charge in [0.05, 0.1) is 5.92 Å². The lowest BCUT2D eigenvalue weighted by Crippen LogP contribution is -2.50. The summed E-state index contributed by atoms with van der Waals surface area (Å²) >= 11 is 6.15. The zero-order chi connectivity index (χ0) is 22.1. The summed E-state index contributed by atoms with van der Waals surface area (Å²) in [5.41, 5.74) is 3.38. The Balaban J connectivity index is 1.16. The van der Waals surface area contributed by atoms with Gasteiger partial charge in [-0.25, -0.2) is 0 Å². The van der Waals surface area contributed by atoms with Crippen LogP contribution in [0.1, 0.15) is 12.0 Å². The van der Waals surface area contributed by atoms with E-state index in [9.17, 15) is 9.59 Å². The van der Waals surface area contributed by atoms with Crippen LogP contribution in [0.15, 0.2) is 54.7 Å². The van der Waals surface area contributed by atoms with Gasteiger partial charge in [0.15, 0.2) is 0 Å². The van der Waals surface area contributed by atoms with Crippen molar-refractivity contribution in [2.75, 3.05) is 44.2 Å². The summed E-state index contributed by atoms with van der Waals surface area (Å²) in [5.74, 6) is -0.0419. The van der Waals surface area contributed by atoms with Gasteiger partial charge in [0.25, 0.3) is 0 Å². The largest absolute Gasteiger partial charge is 0.368 e. The highest BCUT2D eigenvalue weighted by atomic mass is 35.5. The number of halogens is 1. The van der Waals surface area contributed by atoms with Crippen LogP contribution in [0.2, 0.25) is 5.02 Å². The van der Waals surface area contributed by atoms with Crippen molar-refractivity contribution in [1.29, 1.82) is 0 Å². The van der Waals surface area contributed by atoms with E-state index in [-0.39, 0.29) is 17.7 Å². The molecule has 2 saturated heterocycles. The number of aromatic nitrogens is 1. The highest BCUT2D eigenvalue weighted by molar-refractivity contribution is 6.31. The van der Waals surface area contributed by atoms with Crippen molar-refractivity contribution < 1.29 is 9.59 Å². The number of para-hydroxylation sites is 1. The van der Waals surface area contributed by atoms with E-state index in [0.29, 0.717) is 37.6 Å². The van der Waals surface area contributed by atoms with E-state index in [2.05, 4.69) is 22.0 Å². The van der Waals surface area contributed by atoms with E-state index in [1.54, 1.807) is 0 Å². The predicted octanol–water partition coefficient (Wildman–Crippen LogP) is 3.56. The molecule has 2 aromatic carbocycles. The van der Waals surface area contributed by atoms with Crippen molar-refractivity contribution >= 4 is 40.0 Å². The van der Waals surface area contributed by atoms with Gasteiger partial charge in [-0.15, -0.1) is 0 Å². The fourth-order valence-electron chi connectivity index (χ4n) is 4.85. The number of nitrogens with zero attached hydrogens (tertiary/aromatic N) is 3. The third-order valence-electron chi connectivity index (χ3n) is 6.66. The Morgan fingerprint density at radius 3 is 2.62 bits per heavy atom. The van der Waals surface area contributed by atoms with Crippen molar-refractivity contribution in [3.63, 3.8) is 0 Å². The summed E-state index contributed by atoms with van der Waals surface area (Å²) in [7, 11) is 0. The number of H-pyrrole nitrogens is 1. The second-order valence-electron chi connectivity index (χ2n) is 8.64. The SMILES string of the molecule is O=C1CC(C(=O)N2CCN(c3ccccc3)CC2)CN1CCc1c[nH]c2ccc(Cl)cc12. The Morgan fingerprint density at radius 1 is 1.06 bits per heavy atom. The first-order chi connectivity index (χ1) is 15.6. The number of aromatic amines is 1. The average molecular weight is 451 g/mol. The van der Waals surface area contributed by atoms with Crippen LogP contribution in [0.5, 0.6) is 0 Å². The standard InChI is InChI=1S/C25H27ClN4O2/c26-20-6-7-23-22(15-20)18(16-27-23)8-9-30-17-19(14-24(30)31)25(32)29-12-10-28(11-13-29)21-4-2-1-3-5-21/h1-7,15-16,19,27H,8-14,17H2. The van der Waals surface area contributed by atoms with Crippen molar-refractivity contribution in [3.8, 4) is 0 Å². The molecular formula is C25H27ClN4O2. The molecular weight excluding hydrogens is 424 g/mol. The molecule has 0 saturated carbocycles. The molecule has 0 bridgehead atoms. The number of hydrogen-bond acceptors (Lipinski definition) is 3. The Hall–Kier alpha value is -2.99. The average Bonchev–Trinajstić information content (AvgIpc) is 3.40. The van der Waals surface area contributed by atoms with Crippen LogP contribution in [-0.4, -0.2) is 65.9 Å². The van der Waals surface area contributed by atoms with Gasteiger partial charge in [0.1, 0.15) is 0 Å². The molecule has 2 amide bonds. The molecule has 166 valence electrons. The topological polar surface area (TPSA) is 59.7 Å². The number of piperazine rings is 1. The molecule has 5 rings (SSSR count). The van der Waals surface area contributed by atoms with Crippen LogP contribution in [0, 0.1) is 5.92 Å². The maximum atomic E-state index is 13.1. The Morgan fingerprint density at radius 2 is 1.84 bits per heavy atom. The maximum Gasteiger partial charge on any atom is 0.228 e. The summed E-state index contributed by atoms with van der Waals surface area (Å²) in [4.78, 5) is 35.0. The minimum Gasteiger partial charge on any atom is -0.368 e. The first-order valence-corrected chi connectivity index (χ1v) is 11.6. The molecule has 3 aromatic rings. The molecule has 2 fully saturated rings. The van der Waals surface area contributed by atoms with Crippen LogP contribution in [-0.2, 0) is 16.0 Å². The Bertz CT molecular complexity index is 1120. The minimum absolute atomic E-state index is 0.0733. The second kappa shape index (κ2) is 8.87. The van der Waals surface area contributed by atoms with Gasteiger partial charge in [0, 0.05) is 73.5 Å². The van der Waals surface area contributed by atoms with Crippen LogP contribution in [0.4, 0.5) is 5.69 Å². The molecule has 0 aliphatic carbocycles. The predicted molar refractivity (Wildman–Crippen MR) is 127 cm³/mol. The maximum absolute atomic E-state index is 13.1. The van der Waals surface area contributed by atoms with E-state index in [4.69, 9.17) is 11.6 Å². The van der Waals surface area contributed by atoms with Gasteiger partial charge >= 0.3 is 0 Å². The lowest BCUT2D eigenvalue weighted by Gasteiger charge is -2.37. The van der Waals surface area contributed by atoms with Gasteiger partial charge in [-0.05, 0) is 42.3 Å². The first-order valence-electron chi connectivity index (χ1n) is 11.2. The molecule has 3 heterocycles. The molecule has 7 heteroatoms. The van der Waals surface area contributed by atoms with Gasteiger partial charge in [-0.1, -0.05) is 29.8 Å². The minimum atomic E-state index is -0.233. The lowest BCUT2D eigenvalue weighted by atomic mass is 10.1. The first kappa shape index (κ1) is 20.9. The van der Waals surface area contributed by atoms with E-state index >= 15 is 0 Å². The molecule has 0 spiro atoms. The van der Waals surface area contributed by atoms with Crippen molar-refractivity contribution in [2.45, 2.75) is 12.8 Å². The number of carbonyl (C=O) groups is 2. The summed E-state index contributed by atoms with van der Waals surface area (Å²) < 4.78 is 0. The number of nitrogens with one attached hydrogen (secondary N) is 1. The summed E-state index contributed by atoms with van der Waals surface area (Å²) in [5, 5.41) is 1.79. The molecule has 2 aliphatic heterocycles. The fraction of sp³-hybridized carbons (Fsp3) is 0.360. The fourth-order valence-corrected chi connectivity index (χ4v) is 5.02. The molecule has 0 radical (unpaired) electrons. The van der Waals surface area contributed by atoms with Gasteiger partial charge in [-0.2, -0.15) is 0 Å². The number of rotatable bonds is 5. The summed E-state index contributed by atoms with van der Waals surface area (Å²) in [6, 6.07) is 16.1. The number of carbonyl (C=O) groups excluding carboxylic acids is 2. The molecule has 1 unspecified atom stereocenters. The zero-order valence-corrected chi connectivity index (χ0v) is 18.7. The van der Waals surface area contributed by atoms with Crippen molar-refractivity contribution in [3.05, 3.63) is 65.3 Å². The third kappa shape index (κ3) is 4.19. The number of fused-ring (bicyclic) bond motifs is 1. The summed E-state index contributed by atoms with van der Waals surface area (Å²) in [6.07, 6.45) is 3.04. The number of likely N-dealkylation sites (tertiary alicyclic amines) is 1.